The van der Waals surface area contributed by atoms with E-state index in [0.717, 1.165) is 13.2 Å². The monoisotopic (exact) mass is 214 g/mol. The van der Waals surface area contributed by atoms with Crippen LogP contribution in [0.3, 0.4) is 0 Å². The zero-order valence-electron chi connectivity index (χ0n) is 10.6. The number of nitrogens with zero attached hydrogens (tertiary/aromatic N) is 1. The van der Waals surface area contributed by atoms with Gasteiger partial charge in [0.05, 0.1) is 6.61 Å². The highest BCUT2D eigenvalue weighted by atomic mass is 16.5. The first-order valence-electron chi connectivity index (χ1n) is 6.04. The molecule has 0 radical (unpaired) electrons. The van der Waals surface area contributed by atoms with Crippen LogP contribution in [-0.2, 0) is 4.74 Å². The summed E-state index contributed by atoms with van der Waals surface area (Å²) in [6.45, 7) is 9.81. The predicted molar refractivity (Wildman–Crippen MR) is 63.8 cm³/mol. The zero-order valence-corrected chi connectivity index (χ0v) is 10.6. The maximum Gasteiger partial charge on any atom is 0.0620 e. The van der Waals surface area contributed by atoms with Crippen LogP contribution in [0.25, 0.3) is 0 Å². The highest BCUT2D eigenvalue weighted by Gasteiger charge is 2.31. The van der Waals surface area contributed by atoms with Crippen LogP contribution in [0.1, 0.15) is 27.2 Å². The third-order valence-electron chi connectivity index (χ3n) is 3.58. The largest absolute Gasteiger partial charge is 0.383 e. The lowest BCUT2D eigenvalue weighted by Crippen LogP contribution is -2.41. The molecule has 0 aromatic rings. The van der Waals surface area contributed by atoms with E-state index in [2.05, 4.69) is 25.7 Å². The van der Waals surface area contributed by atoms with Crippen molar-refractivity contribution in [3.63, 3.8) is 0 Å². The molecule has 3 nitrogen and oxygen atoms in total. The maximum atomic E-state index is 5.95. The Morgan fingerprint density at radius 1 is 1.40 bits per heavy atom. The van der Waals surface area contributed by atoms with Crippen LogP contribution in [0.2, 0.25) is 0 Å². The molecule has 0 aromatic carbocycles. The van der Waals surface area contributed by atoms with Gasteiger partial charge in [-0.15, -0.1) is 0 Å². The molecular formula is C12H26N2O. The van der Waals surface area contributed by atoms with Crippen molar-refractivity contribution in [3.05, 3.63) is 0 Å². The molecule has 15 heavy (non-hydrogen) atoms. The Labute approximate surface area is 94.0 Å². The minimum atomic E-state index is 0.324. The van der Waals surface area contributed by atoms with Crippen molar-refractivity contribution in [2.24, 2.45) is 17.6 Å². The summed E-state index contributed by atoms with van der Waals surface area (Å²) < 4.78 is 5.30. The Morgan fingerprint density at radius 3 is 2.47 bits per heavy atom. The number of nitrogens with two attached hydrogens (primary N) is 1. The molecule has 3 atom stereocenters. The number of hydrogen-bond donors (Lipinski definition) is 1. The first kappa shape index (κ1) is 12.9. The van der Waals surface area contributed by atoms with E-state index in [-0.39, 0.29) is 0 Å². The van der Waals surface area contributed by atoms with E-state index in [9.17, 15) is 0 Å². The molecule has 0 bridgehead atoms. The average Bonchev–Trinajstić information content (AvgIpc) is 2.62. The summed E-state index contributed by atoms with van der Waals surface area (Å²) in [4.78, 5) is 2.54. The smallest absolute Gasteiger partial charge is 0.0620 e. The van der Waals surface area contributed by atoms with Gasteiger partial charge in [-0.25, -0.2) is 0 Å². The van der Waals surface area contributed by atoms with Crippen molar-refractivity contribution in [1.82, 2.24) is 4.90 Å². The van der Waals surface area contributed by atoms with Crippen molar-refractivity contribution in [3.8, 4) is 0 Å². The van der Waals surface area contributed by atoms with Gasteiger partial charge in [-0.2, -0.15) is 0 Å². The molecule has 0 amide bonds. The van der Waals surface area contributed by atoms with Gasteiger partial charge < -0.3 is 10.5 Å². The van der Waals surface area contributed by atoms with Gasteiger partial charge in [-0.1, -0.05) is 13.8 Å². The summed E-state index contributed by atoms with van der Waals surface area (Å²) in [6.07, 6.45) is 1.24. The SMILES string of the molecule is COCC(C(C)C)N1CCC(C(C)N)C1. The number of hydrogen-bond acceptors (Lipinski definition) is 3. The summed E-state index contributed by atoms with van der Waals surface area (Å²) in [6, 6.07) is 0.879. The van der Waals surface area contributed by atoms with E-state index in [1.54, 1.807) is 7.11 Å². The van der Waals surface area contributed by atoms with Crippen LogP contribution in [0.15, 0.2) is 0 Å². The lowest BCUT2D eigenvalue weighted by Gasteiger charge is -2.30. The molecule has 1 rings (SSSR count). The van der Waals surface area contributed by atoms with Gasteiger partial charge >= 0.3 is 0 Å². The van der Waals surface area contributed by atoms with Crippen LogP contribution in [-0.4, -0.2) is 43.8 Å². The van der Waals surface area contributed by atoms with Crippen molar-refractivity contribution in [2.75, 3.05) is 26.8 Å². The second kappa shape index (κ2) is 5.83. The molecule has 0 aromatic heterocycles. The van der Waals surface area contributed by atoms with Crippen molar-refractivity contribution in [2.45, 2.75) is 39.3 Å². The third kappa shape index (κ3) is 3.44. The average molecular weight is 214 g/mol. The number of rotatable bonds is 5. The van der Waals surface area contributed by atoms with Gasteiger partial charge in [0, 0.05) is 25.7 Å². The van der Waals surface area contributed by atoms with Crippen LogP contribution in [0.4, 0.5) is 0 Å². The molecule has 1 aliphatic heterocycles. The lowest BCUT2D eigenvalue weighted by atomic mass is 10.0. The molecule has 0 spiro atoms. The summed E-state index contributed by atoms with van der Waals surface area (Å²) in [5.41, 5.74) is 5.95. The fraction of sp³-hybridized carbons (Fsp3) is 1.00. The van der Waals surface area contributed by atoms with Crippen molar-refractivity contribution >= 4 is 0 Å². The van der Waals surface area contributed by atoms with E-state index in [4.69, 9.17) is 10.5 Å². The first-order valence-corrected chi connectivity index (χ1v) is 6.04. The summed E-state index contributed by atoms with van der Waals surface area (Å²) in [7, 11) is 1.79. The van der Waals surface area contributed by atoms with Crippen LogP contribution < -0.4 is 5.73 Å². The van der Waals surface area contributed by atoms with Crippen LogP contribution in [0.5, 0.6) is 0 Å². The Balaban J connectivity index is 2.49. The molecule has 90 valence electrons. The van der Waals surface area contributed by atoms with E-state index >= 15 is 0 Å². The Bertz CT molecular complexity index is 182. The quantitative estimate of drug-likeness (QED) is 0.750. The summed E-state index contributed by atoms with van der Waals surface area (Å²) >= 11 is 0. The normalized spacial score (nSPS) is 27.2. The van der Waals surface area contributed by atoms with Gasteiger partial charge in [0.25, 0.3) is 0 Å². The Morgan fingerprint density at radius 2 is 2.07 bits per heavy atom. The molecule has 0 aliphatic carbocycles. The van der Waals surface area contributed by atoms with Gasteiger partial charge in [-0.3, -0.25) is 4.90 Å². The van der Waals surface area contributed by atoms with Crippen molar-refractivity contribution in [1.29, 1.82) is 0 Å². The van der Waals surface area contributed by atoms with Crippen LogP contribution >= 0.6 is 0 Å². The van der Waals surface area contributed by atoms with Gasteiger partial charge in [0.1, 0.15) is 0 Å². The fourth-order valence-electron chi connectivity index (χ4n) is 2.44. The van der Waals surface area contributed by atoms with Gasteiger partial charge in [0.15, 0.2) is 0 Å². The number of likely N-dealkylation sites (tertiary alicyclic amines) is 1. The topological polar surface area (TPSA) is 38.5 Å². The van der Waals surface area contributed by atoms with Gasteiger partial charge in [-0.05, 0) is 31.7 Å². The zero-order chi connectivity index (χ0) is 11.4. The molecule has 1 fully saturated rings. The predicted octanol–water partition coefficient (Wildman–Crippen LogP) is 1.33. The molecule has 1 aliphatic rings. The van der Waals surface area contributed by atoms with Crippen molar-refractivity contribution < 1.29 is 4.74 Å². The first-order chi connectivity index (χ1) is 7.06. The molecule has 2 N–H and O–H groups in total. The third-order valence-corrected chi connectivity index (χ3v) is 3.58. The molecule has 1 heterocycles. The Hall–Kier alpha value is -0.120. The highest BCUT2D eigenvalue weighted by Crippen LogP contribution is 2.23. The van der Waals surface area contributed by atoms with Gasteiger partial charge in [0.2, 0.25) is 0 Å². The fourth-order valence-corrected chi connectivity index (χ4v) is 2.44. The highest BCUT2D eigenvalue weighted by molar-refractivity contribution is 4.86. The molecule has 1 saturated heterocycles. The lowest BCUT2D eigenvalue weighted by molar-refractivity contribution is 0.0763. The Kier molecular flexibility index (Phi) is 5.03. The summed E-state index contributed by atoms with van der Waals surface area (Å²) in [5.74, 6) is 1.32. The maximum absolute atomic E-state index is 5.95. The standard InChI is InChI=1S/C12H26N2O/c1-9(2)12(8-15-4)14-6-5-11(7-14)10(3)13/h9-12H,5-8,13H2,1-4H3. The number of methoxy groups -OCH3 is 1. The van der Waals surface area contributed by atoms with Crippen LogP contribution in [0, 0.1) is 11.8 Å². The van der Waals surface area contributed by atoms with E-state index in [1.165, 1.54) is 13.0 Å². The van der Waals surface area contributed by atoms with E-state index < -0.39 is 0 Å². The van der Waals surface area contributed by atoms with E-state index in [0.29, 0.717) is 23.9 Å². The van der Waals surface area contributed by atoms with E-state index in [1.807, 2.05) is 0 Å². The molecule has 3 unspecified atom stereocenters. The summed E-state index contributed by atoms with van der Waals surface area (Å²) in [5, 5.41) is 0. The second-order valence-corrected chi connectivity index (χ2v) is 5.17. The number of ether oxygens (including phenoxy) is 1. The molecular weight excluding hydrogens is 188 g/mol. The second-order valence-electron chi connectivity index (χ2n) is 5.17. The molecule has 3 heteroatoms. The minimum Gasteiger partial charge on any atom is -0.383 e. The minimum absolute atomic E-state index is 0.324. The molecule has 0 saturated carbocycles.